The number of halogens is 2. The van der Waals surface area contributed by atoms with Gasteiger partial charge in [0.25, 0.3) is 0 Å². The third kappa shape index (κ3) is 4.25. The maximum absolute atomic E-state index is 9.67. The van der Waals surface area contributed by atoms with E-state index < -0.39 is 30.3 Å². The summed E-state index contributed by atoms with van der Waals surface area (Å²) in [6, 6.07) is 0. The highest BCUT2D eigenvalue weighted by atomic mass is 35.5. The van der Waals surface area contributed by atoms with Crippen molar-refractivity contribution in [3.05, 3.63) is 10.6 Å². The lowest BCUT2D eigenvalue weighted by molar-refractivity contribution is -0.187. The van der Waals surface area contributed by atoms with E-state index in [-0.39, 0.29) is 28.9 Å². The predicted octanol–water partition coefficient (Wildman–Crippen LogP) is 2.55. The molecule has 2 aliphatic heterocycles. The molecule has 164 valence electrons. The van der Waals surface area contributed by atoms with E-state index in [9.17, 15) is 5.11 Å². The molecule has 30 heavy (non-hydrogen) atoms. The summed E-state index contributed by atoms with van der Waals surface area (Å²) in [7, 11) is 0. The lowest BCUT2D eigenvalue weighted by Gasteiger charge is -2.24. The van der Waals surface area contributed by atoms with E-state index in [1.54, 1.807) is 13.8 Å². The number of rotatable bonds is 7. The SMILES string of the molecule is CCCCOc1nc(Cl)nc2c(N[C@@H]3O[C@H](CO)[C@H]4OC(C)(C)O[C@H]43)nc(Cl)nc12. The molecule has 2 aromatic heterocycles. The minimum absolute atomic E-state index is 0.0111. The second kappa shape index (κ2) is 8.52. The Morgan fingerprint density at radius 3 is 2.50 bits per heavy atom. The molecule has 2 fully saturated rings. The Kier molecular flexibility index (Phi) is 6.16. The van der Waals surface area contributed by atoms with Crippen molar-refractivity contribution in [3.8, 4) is 5.88 Å². The molecule has 12 heteroatoms. The number of ether oxygens (including phenoxy) is 4. The van der Waals surface area contributed by atoms with Crippen molar-refractivity contribution >= 4 is 40.1 Å². The lowest BCUT2D eigenvalue weighted by Crippen LogP contribution is -2.35. The van der Waals surface area contributed by atoms with Crippen molar-refractivity contribution in [2.45, 2.75) is 63.9 Å². The number of nitrogens with one attached hydrogen (secondary N) is 1. The van der Waals surface area contributed by atoms with Crippen LogP contribution >= 0.6 is 23.2 Å². The van der Waals surface area contributed by atoms with E-state index in [4.69, 9.17) is 42.1 Å². The number of aliphatic hydroxyl groups excluding tert-OH is 1. The molecule has 0 aromatic carbocycles. The Morgan fingerprint density at radius 1 is 1.07 bits per heavy atom. The van der Waals surface area contributed by atoms with Crippen molar-refractivity contribution in [2.24, 2.45) is 0 Å². The van der Waals surface area contributed by atoms with Crippen LogP contribution in [0.1, 0.15) is 33.6 Å². The van der Waals surface area contributed by atoms with E-state index in [1.807, 2.05) is 0 Å². The van der Waals surface area contributed by atoms with Crippen LogP contribution < -0.4 is 10.1 Å². The van der Waals surface area contributed by atoms with Gasteiger partial charge < -0.3 is 29.4 Å². The third-order valence-corrected chi connectivity index (χ3v) is 5.14. The average molecular weight is 460 g/mol. The standard InChI is InChI=1S/C18H23Cl2N5O5/c1-4-5-6-27-14-10-9(21-17(20)25-14)13(24-16(19)22-10)23-15-12-11(8(7-26)28-15)29-18(2,3)30-12/h8,11-12,15,26H,4-7H2,1-3H3,(H,22,23,24)/t8-,11-,12-,15-/m1/s1. The summed E-state index contributed by atoms with van der Waals surface area (Å²) < 4.78 is 23.5. The fourth-order valence-electron chi connectivity index (χ4n) is 3.53. The molecule has 0 amide bonds. The molecule has 4 heterocycles. The number of hydrogen-bond acceptors (Lipinski definition) is 10. The Balaban J connectivity index is 1.67. The Morgan fingerprint density at radius 2 is 1.77 bits per heavy atom. The van der Waals surface area contributed by atoms with Crippen LogP contribution in [0.15, 0.2) is 0 Å². The summed E-state index contributed by atoms with van der Waals surface area (Å²) in [6.45, 7) is 5.91. The minimum Gasteiger partial charge on any atom is -0.476 e. The van der Waals surface area contributed by atoms with Gasteiger partial charge in [0.05, 0.1) is 13.2 Å². The number of aromatic nitrogens is 4. The number of hydrogen-bond donors (Lipinski definition) is 2. The van der Waals surface area contributed by atoms with Gasteiger partial charge >= 0.3 is 0 Å². The normalized spacial score (nSPS) is 27.4. The lowest BCUT2D eigenvalue weighted by atomic mass is 10.1. The smallest absolute Gasteiger partial charge is 0.245 e. The minimum atomic E-state index is -0.802. The van der Waals surface area contributed by atoms with E-state index in [0.29, 0.717) is 17.6 Å². The summed E-state index contributed by atoms with van der Waals surface area (Å²) >= 11 is 12.3. The van der Waals surface area contributed by atoms with Crippen molar-refractivity contribution in [2.75, 3.05) is 18.5 Å². The predicted molar refractivity (Wildman–Crippen MR) is 109 cm³/mol. The van der Waals surface area contributed by atoms with Crippen molar-refractivity contribution in [1.82, 2.24) is 19.9 Å². The van der Waals surface area contributed by atoms with Crippen molar-refractivity contribution < 1.29 is 24.1 Å². The molecule has 0 unspecified atom stereocenters. The first-order valence-corrected chi connectivity index (χ1v) is 10.5. The molecule has 2 N–H and O–H groups in total. The molecule has 0 bridgehead atoms. The van der Waals surface area contributed by atoms with Gasteiger partial charge in [-0.05, 0) is 43.5 Å². The summed E-state index contributed by atoms with van der Waals surface area (Å²) in [5.74, 6) is -0.292. The van der Waals surface area contributed by atoms with E-state index >= 15 is 0 Å². The van der Waals surface area contributed by atoms with Crippen molar-refractivity contribution in [1.29, 1.82) is 0 Å². The molecule has 4 rings (SSSR count). The van der Waals surface area contributed by atoms with Gasteiger partial charge in [-0.15, -0.1) is 0 Å². The Labute approximate surface area is 183 Å². The second-order valence-electron chi connectivity index (χ2n) is 7.53. The average Bonchev–Trinajstić information content (AvgIpc) is 3.16. The van der Waals surface area contributed by atoms with Gasteiger partial charge in [0, 0.05) is 0 Å². The molecule has 0 saturated carbocycles. The molecular formula is C18H23Cl2N5O5. The van der Waals surface area contributed by atoms with E-state index in [1.165, 1.54) is 0 Å². The quantitative estimate of drug-likeness (QED) is 0.471. The van der Waals surface area contributed by atoms with Gasteiger partial charge in [-0.1, -0.05) is 13.3 Å². The summed E-state index contributed by atoms with van der Waals surface area (Å²) in [4.78, 5) is 16.8. The fraction of sp³-hybridized carbons (Fsp3) is 0.667. The molecule has 0 radical (unpaired) electrons. The summed E-state index contributed by atoms with van der Waals surface area (Å²) in [5, 5.41) is 12.8. The highest BCUT2D eigenvalue weighted by molar-refractivity contribution is 6.29. The van der Waals surface area contributed by atoms with Crippen LogP contribution in [0.4, 0.5) is 5.82 Å². The Hall–Kier alpha value is -1.56. The molecule has 2 saturated heterocycles. The highest BCUT2D eigenvalue weighted by Gasteiger charge is 2.55. The van der Waals surface area contributed by atoms with Crippen molar-refractivity contribution in [3.63, 3.8) is 0 Å². The maximum atomic E-state index is 9.67. The molecule has 2 aromatic rings. The highest BCUT2D eigenvalue weighted by Crippen LogP contribution is 2.39. The maximum Gasteiger partial charge on any atom is 0.245 e. The number of fused-ring (bicyclic) bond motifs is 2. The van der Waals surface area contributed by atoms with Gasteiger partial charge in [-0.25, -0.2) is 9.97 Å². The van der Waals surface area contributed by atoms with Crippen LogP contribution in [0.25, 0.3) is 11.0 Å². The Bertz CT molecular complexity index is 933. The van der Waals surface area contributed by atoms with E-state index in [0.717, 1.165) is 12.8 Å². The first kappa shape index (κ1) is 21.7. The van der Waals surface area contributed by atoms with Crippen LogP contribution in [0.3, 0.4) is 0 Å². The summed E-state index contributed by atoms with van der Waals surface area (Å²) in [6.07, 6.45) is -0.312. The molecule has 4 atom stereocenters. The largest absolute Gasteiger partial charge is 0.476 e. The number of nitrogens with zero attached hydrogens (tertiary/aromatic N) is 4. The molecular weight excluding hydrogens is 437 g/mol. The molecule has 0 aliphatic carbocycles. The van der Waals surface area contributed by atoms with Crippen LogP contribution in [0.5, 0.6) is 5.88 Å². The first-order chi connectivity index (χ1) is 14.3. The fourth-order valence-corrected chi connectivity index (χ4v) is 3.86. The van der Waals surface area contributed by atoms with Crippen LogP contribution in [0, 0.1) is 0 Å². The van der Waals surface area contributed by atoms with Crippen LogP contribution in [-0.2, 0) is 14.2 Å². The monoisotopic (exact) mass is 459 g/mol. The molecule has 0 spiro atoms. The third-order valence-electron chi connectivity index (χ3n) is 4.80. The zero-order valence-electron chi connectivity index (χ0n) is 16.8. The zero-order valence-corrected chi connectivity index (χ0v) is 18.3. The summed E-state index contributed by atoms with van der Waals surface area (Å²) in [5.41, 5.74) is 0.659. The zero-order chi connectivity index (χ0) is 21.5. The second-order valence-corrected chi connectivity index (χ2v) is 8.20. The first-order valence-electron chi connectivity index (χ1n) is 9.73. The number of unbranched alkanes of at least 4 members (excludes halogenated alkanes) is 1. The van der Waals surface area contributed by atoms with Gasteiger partial charge in [-0.2, -0.15) is 9.97 Å². The van der Waals surface area contributed by atoms with Gasteiger partial charge in [0.15, 0.2) is 23.3 Å². The van der Waals surface area contributed by atoms with Crippen LogP contribution in [0.2, 0.25) is 10.6 Å². The van der Waals surface area contributed by atoms with Gasteiger partial charge in [-0.3, -0.25) is 0 Å². The van der Waals surface area contributed by atoms with E-state index in [2.05, 4.69) is 32.2 Å². The van der Waals surface area contributed by atoms with Gasteiger partial charge in [0.2, 0.25) is 16.4 Å². The van der Waals surface area contributed by atoms with Gasteiger partial charge in [0.1, 0.15) is 23.8 Å². The molecule has 10 nitrogen and oxygen atoms in total. The molecule has 2 aliphatic rings. The number of anilines is 1. The topological polar surface area (TPSA) is 121 Å². The van der Waals surface area contributed by atoms with Crippen LogP contribution in [-0.4, -0.2) is 68.6 Å². The number of aliphatic hydroxyl groups is 1.